The summed E-state index contributed by atoms with van der Waals surface area (Å²) in [6.07, 6.45) is 4.66. The number of urea groups is 1. The average molecular weight is 1320 g/mol. The van der Waals surface area contributed by atoms with Crippen LogP contribution in [0.5, 0.6) is 5.75 Å². The van der Waals surface area contributed by atoms with Gasteiger partial charge in [-0.15, -0.1) is 0 Å². The molecule has 1 aliphatic heterocycles. The Labute approximate surface area is 551 Å². The zero-order valence-corrected chi connectivity index (χ0v) is 54.8. The lowest BCUT2D eigenvalue weighted by atomic mass is 9.88. The number of aliphatic hydroxyl groups is 1. The third-order valence-corrected chi connectivity index (χ3v) is 16.3. The number of aromatic hydroxyl groups is 1. The quantitative estimate of drug-likeness (QED) is 0.0176. The summed E-state index contributed by atoms with van der Waals surface area (Å²) in [6, 6.07) is 5.92. The van der Waals surface area contributed by atoms with Gasteiger partial charge in [0.2, 0.25) is 29.5 Å². The first-order valence-electron chi connectivity index (χ1n) is 31.9. The molecule has 29 nitrogen and oxygen atoms in total. The van der Waals surface area contributed by atoms with Gasteiger partial charge in [-0.1, -0.05) is 44.2 Å². The van der Waals surface area contributed by atoms with Crippen molar-refractivity contribution in [1.82, 2.24) is 46.4 Å². The molecule has 1 saturated heterocycles. The van der Waals surface area contributed by atoms with Crippen LogP contribution in [0, 0.1) is 29.6 Å². The van der Waals surface area contributed by atoms with E-state index in [4.69, 9.17) is 31.8 Å². The number of nitrogens with zero attached hydrogens (tertiary/aromatic N) is 3. The van der Waals surface area contributed by atoms with Crippen LogP contribution < -0.4 is 43.8 Å². The summed E-state index contributed by atoms with van der Waals surface area (Å²) in [7, 11) is 0. The number of carboxylic acid groups (broad SMARTS) is 1. The number of aromatic nitrogens is 3. The van der Waals surface area contributed by atoms with Gasteiger partial charge in [0.1, 0.15) is 29.7 Å². The molecule has 0 spiro atoms. The minimum atomic E-state index is -1.63. The minimum absolute atomic E-state index is 0.0180. The lowest BCUT2D eigenvalue weighted by molar-refractivity contribution is -0.142. The van der Waals surface area contributed by atoms with Crippen LogP contribution in [0.3, 0.4) is 0 Å². The van der Waals surface area contributed by atoms with Crippen molar-refractivity contribution in [2.24, 2.45) is 51.8 Å². The zero-order chi connectivity index (χ0) is 70.1. The highest BCUT2D eigenvalue weighted by atomic mass is 16.5. The Bertz CT molecular complexity index is 3330. The van der Waals surface area contributed by atoms with Gasteiger partial charge in [-0.2, -0.15) is 0 Å². The van der Waals surface area contributed by atoms with E-state index in [1.807, 2.05) is 38.1 Å². The van der Waals surface area contributed by atoms with Crippen molar-refractivity contribution in [3.63, 3.8) is 0 Å². The van der Waals surface area contributed by atoms with Crippen molar-refractivity contribution in [3.8, 4) is 5.75 Å². The molecule has 2 aliphatic rings. The monoisotopic (exact) mass is 1320 g/mol. The van der Waals surface area contributed by atoms with E-state index in [-0.39, 0.29) is 94.5 Å². The molecule has 4 aromatic rings. The summed E-state index contributed by atoms with van der Waals surface area (Å²) in [5, 5.41) is 42.6. The second kappa shape index (κ2) is 36.9. The average Bonchev–Trinajstić information content (AvgIpc) is 1.76. The SMILES string of the molecule is CC(=O)O.CC(C)CC(CC(=O)C(COC(C)(C)C)NC(=O)C(CC(=O)C(CO)NC(=O)C(CC(=O)C(Cc1cnc[nH]1)NC(=O)C1CCC(=O)C1)Cc1c[nH]c2ccccc12)Cc1ccc(O)cc1)C(=O)NC(CCCN=C(N)N)C(=O)N1CCCC1C(=O)CNC(N)=O. The molecule has 7 amide bonds. The van der Waals surface area contributed by atoms with E-state index in [9.17, 15) is 63.0 Å². The number of Topliss-reactive ketones (excluding diaryl/α,β-unsaturated/α-hetero) is 5. The molecule has 16 N–H and O–H groups in total. The number of hydrogen-bond acceptors (Lipinski definition) is 17. The van der Waals surface area contributed by atoms with Gasteiger partial charge in [0.15, 0.2) is 29.1 Å². The van der Waals surface area contributed by atoms with Gasteiger partial charge in [-0.25, -0.2) is 9.78 Å². The van der Waals surface area contributed by atoms with Crippen LogP contribution >= 0.6 is 0 Å². The van der Waals surface area contributed by atoms with Crippen molar-refractivity contribution < 1.29 is 77.6 Å². The number of aliphatic imine (C=N–C) groups is 1. The number of para-hydroxylation sites is 1. The number of phenols is 1. The van der Waals surface area contributed by atoms with Gasteiger partial charge in [0.05, 0.1) is 43.8 Å². The van der Waals surface area contributed by atoms with E-state index in [2.05, 4.69) is 46.5 Å². The number of phenolic OH excluding ortho intramolecular Hbond substituents is 1. The summed E-state index contributed by atoms with van der Waals surface area (Å²) in [5.41, 5.74) is 17.9. The third kappa shape index (κ3) is 25.5. The van der Waals surface area contributed by atoms with Crippen molar-refractivity contribution in [2.75, 3.05) is 32.8 Å². The molecular weight excluding hydrogens is 1230 g/mol. The topological polar surface area (TPSA) is 473 Å². The van der Waals surface area contributed by atoms with E-state index in [1.54, 1.807) is 27.0 Å². The Morgan fingerprint density at radius 2 is 1.39 bits per heavy atom. The van der Waals surface area contributed by atoms with E-state index >= 15 is 0 Å². The second-order valence-corrected chi connectivity index (χ2v) is 25.6. The normalized spacial score (nSPS) is 16.8. The number of amides is 7. The van der Waals surface area contributed by atoms with Crippen LogP contribution in [0.25, 0.3) is 10.9 Å². The van der Waals surface area contributed by atoms with Crippen LogP contribution in [0.1, 0.15) is 129 Å². The molecule has 3 heterocycles. The number of rotatable bonds is 36. The maximum atomic E-state index is 14.9. The molecule has 2 aromatic heterocycles. The number of likely N-dealkylation sites (tertiary alicyclic amines) is 1. The van der Waals surface area contributed by atoms with Gasteiger partial charge in [0.25, 0.3) is 5.97 Å². The smallest absolute Gasteiger partial charge is 0.312 e. The van der Waals surface area contributed by atoms with Gasteiger partial charge in [0, 0.05) is 111 Å². The number of aliphatic hydroxyl groups excluding tert-OH is 1. The molecular formula is C66H93N13O16. The number of aliphatic carboxylic acids is 1. The number of carbonyl (C=O) groups excluding carboxylic acids is 11. The molecule has 95 heavy (non-hydrogen) atoms. The summed E-state index contributed by atoms with van der Waals surface area (Å²) >= 11 is 0. The van der Waals surface area contributed by atoms with E-state index in [0.717, 1.165) is 17.8 Å². The summed E-state index contributed by atoms with van der Waals surface area (Å²) in [6.45, 7) is 8.52. The van der Waals surface area contributed by atoms with Crippen LogP contribution in [0.15, 0.2) is 72.2 Å². The number of imidazole rings is 1. The van der Waals surface area contributed by atoms with Crippen molar-refractivity contribution in [1.29, 1.82) is 0 Å². The van der Waals surface area contributed by atoms with E-state index in [1.165, 1.54) is 41.7 Å². The van der Waals surface area contributed by atoms with Gasteiger partial charge >= 0.3 is 6.03 Å². The number of H-pyrrole nitrogens is 2. The fourth-order valence-corrected chi connectivity index (χ4v) is 11.5. The number of carboxylic acids is 1. The molecule has 2 aromatic carbocycles. The number of guanidine groups is 1. The number of ketones is 5. The fraction of sp³-hybridized carbons (Fsp3) is 0.545. The maximum absolute atomic E-state index is 14.9. The van der Waals surface area contributed by atoms with Crippen molar-refractivity contribution in [2.45, 2.75) is 167 Å². The number of hydrogen-bond donors (Lipinski definition) is 13. The number of nitrogens with one attached hydrogen (secondary N) is 7. The molecule has 9 unspecified atom stereocenters. The summed E-state index contributed by atoms with van der Waals surface area (Å²) < 4.78 is 6.10. The number of nitrogens with two attached hydrogens (primary N) is 3. The molecule has 1 saturated carbocycles. The Morgan fingerprint density at radius 3 is 1.99 bits per heavy atom. The molecule has 29 heteroatoms. The summed E-state index contributed by atoms with van der Waals surface area (Å²) in [5.74, 6) is -11.3. The third-order valence-electron chi connectivity index (χ3n) is 16.3. The van der Waals surface area contributed by atoms with E-state index < -0.39 is 157 Å². The van der Waals surface area contributed by atoms with E-state index in [0.29, 0.717) is 36.1 Å². The van der Waals surface area contributed by atoms with Gasteiger partial charge in [-0.05, 0) is 107 Å². The first-order chi connectivity index (χ1) is 44.9. The number of fused-ring (bicyclic) bond motifs is 1. The standard InChI is InChI=1S/C64H89N13O14.C2H4O2/c1-36(2)22-39(58(86)73-48(12-8-20-69-62(65)66)61(89)77-21-9-13-52(77)56(84)32-71-63(67)90)26-55(83)51(34-91-64(3,4)5)76-59(87)40(23-37-14-17-44(79)18-15-37)27-54(82)50(33-78)75-60(88)41(24-42-30-70-47-11-7-6-10-46(42)47)28-53(81)49(29-43-31-68-35-72-43)74-57(85)38-16-19-45(80)25-38;1-2(3)4/h6-7,10-11,14-15,17-18,30-31,35-36,38-41,48-52,70,78-79H,8-9,12-13,16,19-29,32-34H2,1-5H3,(H,68,72)(H,73,86)(H,74,85)(H,75,88)(H,76,87)(H4,65,66,69)(H3,67,71,90);1H3,(H,3,4). The number of primary amides is 1. The lowest BCUT2D eigenvalue weighted by Gasteiger charge is -2.30. The molecule has 9 atom stereocenters. The maximum Gasteiger partial charge on any atom is 0.312 e. The largest absolute Gasteiger partial charge is 0.508 e. The number of ether oxygens (including phenoxy) is 1. The van der Waals surface area contributed by atoms with Crippen molar-refractivity contribution >= 4 is 87.3 Å². The molecule has 1 aliphatic carbocycles. The Morgan fingerprint density at radius 1 is 0.779 bits per heavy atom. The molecule has 0 radical (unpaired) electrons. The predicted molar refractivity (Wildman–Crippen MR) is 348 cm³/mol. The molecule has 2 fully saturated rings. The highest BCUT2D eigenvalue weighted by Crippen LogP contribution is 2.28. The van der Waals surface area contributed by atoms with Crippen LogP contribution in [0.4, 0.5) is 4.79 Å². The summed E-state index contributed by atoms with van der Waals surface area (Å²) in [4.78, 5) is 177. The molecule has 518 valence electrons. The predicted octanol–water partition coefficient (Wildman–Crippen LogP) is 1.89. The first kappa shape index (κ1) is 76.3. The van der Waals surface area contributed by atoms with Gasteiger partial charge in [-0.3, -0.25) is 57.7 Å². The number of aromatic amines is 2. The Balaban J connectivity index is 0.00000397. The van der Waals surface area contributed by atoms with Crippen molar-refractivity contribution in [3.05, 3.63) is 84.1 Å². The first-order valence-corrected chi connectivity index (χ1v) is 31.9. The minimum Gasteiger partial charge on any atom is -0.508 e. The number of benzene rings is 2. The highest BCUT2D eigenvalue weighted by Gasteiger charge is 2.40. The fourth-order valence-electron chi connectivity index (χ4n) is 11.5. The molecule has 0 bridgehead atoms. The van der Waals surface area contributed by atoms with Gasteiger partial charge < -0.3 is 78.7 Å². The zero-order valence-electron chi connectivity index (χ0n) is 54.8. The lowest BCUT2D eigenvalue weighted by Crippen LogP contribution is -2.54. The number of carbonyl (C=O) groups is 12. The second-order valence-electron chi connectivity index (χ2n) is 25.6. The van der Waals surface area contributed by atoms with Crippen LogP contribution in [0.2, 0.25) is 0 Å². The van der Waals surface area contributed by atoms with Crippen LogP contribution in [-0.4, -0.2) is 180 Å². The van der Waals surface area contributed by atoms with Crippen LogP contribution in [-0.2, 0) is 76.7 Å². The Kier molecular flexibility index (Phi) is 29.7. The molecule has 6 rings (SSSR count). The highest BCUT2D eigenvalue weighted by molar-refractivity contribution is 5.99. The Hall–Kier alpha value is -9.38.